The smallest absolute Gasteiger partial charge is 0.231 e. The Balaban J connectivity index is 1.80. The van der Waals surface area contributed by atoms with Crippen LogP contribution in [-0.2, 0) is 27.2 Å². The predicted octanol–water partition coefficient (Wildman–Crippen LogP) is 2.14. The topological polar surface area (TPSA) is 122 Å². The number of nitrogens with two attached hydrogens (primary N) is 1. The molecule has 7 nitrogen and oxygen atoms in total. The predicted molar refractivity (Wildman–Crippen MR) is 137 cm³/mol. The second-order valence-corrected chi connectivity index (χ2v) is 9.27. The van der Waals surface area contributed by atoms with Crippen molar-refractivity contribution in [1.82, 2.24) is 10.6 Å². The van der Waals surface area contributed by atoms with Gasteiger partial charge in [0, 0.05) is 13.1 Å². The summed E-state index contributed by atoms with van der Waals surface area (Å²) in [5.41, 5.74) is 5.81. The highest BCUT2D eigenvalue weighted by atomic mass is 16.3. The molecule has 0 fully saturated rings. The van der Waals surface area contributed by atoms with E-state index < -0.39 is 29.3 Å². The first-order valence-electron chi connectivity index (χ1n) is 11.7. The van der Waals surface area contributed by atoms with Gasteiger partial charge in [-0.05, 0) is 42.2 Å². The minimum absolute atomic E-state index is 0.00932. The van der Waals surface area contributed by atoms with Gasteiger partial charge in [0.1, 0.15) is 5.92 Å². The Bertz CT molecular complexity index is 1180. The molecular weight excluding hydrogens is 442 g/mol. The third-order valence-corrected chi connectivity index (χ3v) is 5.95. The number of aliphatic hydroxyl groups is 1. The van der Waals surface area contributed by atoms with E-state index in [4.69, 9.17) is 5.73 Å². The van der Waals surface area contributed by atoms with E-state index in [1.54, 1.807) is 13.8 Å². The van der Waals surface area contributed by atoms with Crippen LogP contribution < -0.4 is 16.4 Å². The average Bonchev–Trinajstić information content (AvgIpc) is 2.85. The molecule has 3 aromatic carbocycles. The van der Waals surface area contributed by atoms with Crippen LogP contribution in [0.2, 0.25) is 0 Å². The van der Waals surface area contributed by atoms with Gasteiger partial charge in [-0.25, -0.2) is 0 Å². The van der Waals surface area contributed by atoms with E-state index >= 15 is 0 Å². The largest absolute Gasteiger partial charge is 0.390 e. The van der Waals surface area contributed by atoms with Gasteiger partial charge in [0.05, 0.1) is 18.1 Å². The number of hydrogen-bond acceptors (Lipinski definition) is 5. The minimum atomic E-state index is -1.28. The molecule has 0 aliphatic carbocycles. The standard InChI is InChI=1S/C28H33N3O4/c1-28(2,31-25(33)16-19-8-4-3-5-9-19)26(34)24(27(35)30-18-23(32)17-29)15-20-12-13-21-10-6-7-11-22(21)14-20/h3-14,23-24,32H,15-18,29H2,1-2H3,(H,30,35)(H,31,33)/t23-,24?/m1/s1. The number of ketones is 1. The van der Waals surface area contributed by atoms with Gasteiger partial charge in [-0.1, -0.05) is 72.8 Å². The molecule has 0 aromatic heterocycles. The normalized spacial score (nSPS) is 13.1. The van der Waals surface area contributed by atoms with Crippen LogP contribution in [0.4, 0.5) is 0 Å². The third-order valence-electron chi connectivity index (χ3n) is 5.95. The summed E-state index contributed by atoms with van der Waals surface area (Å²) in [7, 11) is 0. The Labute approximate surface area is 205 Å². The maximum absolute atomic E-state index is 13.6. The summed E-state index contributed by atoms with van der Waals surface area (Å²) >= 11 is 0. The van der Waals surface area contributed by atoms with Crippen LogP contribution in [-0.4, -0.2) is 47.4 Å². The second kappa shape index (κ2) is 11.7. The lowest BCUT2D eigenvalue weighted by atomic mass is 9.83. The molecular formula is C28H33N3O4. The van der Waals surface area contributed by atoms with Crippen LogP contribution in [0.3, 0.4) is 0 Å². The molecule has 1 unspecified atom stereocenters. The SMILES string of the molecule is CC(C)(NC(=O)Cc1ccccc1)C(=O)C(Cc1ccc2ccccc2c1)C(=O)NC[C@H](O)CN. The van der Waals surface area contributed by atoms with Crippen molar-refractivity contribution >= 4 is 28.4 Å². The number of Topliss-reactive ketones (excluding diaryl/α,β-unsaturated/α-hetero) is 1. The zero-order chi connectivity index (χ0) is 25.4. The number of nitrogens with one attached hydrogen (secondary N) is 2. The van der Waals surface area contributed by atoms with Crippen molar-refractivity contribution in [3.63, 3.8) is 0 Å². The molecule has 0 saturated carbocycles. The van der Waals surface area contributed by atoms with E-state index in [0.29, 0.717) is 0 Å². The molecule has 2 atom stereocenters. The Morgan fingerprint density at radius 1 is 0.914 bits per heavy atom. The maximum atomic E-state index is 13.6. The van der Waals surface area contributed by atoms with Crippen molar-refractivity contribution in [3.8, 4) is 0 Å². The highest BCUT2D eigenvalue weighted by molar-refractivity contribution is 6.07. The quantitative estimate of drug-likeness (QED) is 0.317. The van der Waals surface area contributed by atoms with E-state index in [1.165, 1.54) is 0 Å². The lowest BCUT2D eigenvalue weighted by Crippen LogP contribution is -2.55. The summed E-state index contributed by atoms with van der Waals surface area (Å²) in [5, 5.41) is 17.3. The number of hydrogen-bond donors (Lipinski definition) is 4. The molecule has 0 saturated heterocycles. The van der Waals surface area contributed by atoms with Crippen molar-refractivity contribution in [3.05, 3.63) is 83.9 Å². The second-order valence-electron chi connectivity index (χ2n) is 9.27. The van der Waals surface area contributed by atoms with E-state index in [9.17, 15) is 19.5 Å². The van der Waals surface area contributed by atoms with Gasteiger partial charge in [0.25, 0.3) is 0 Å². The first kappa shape index (κ1) is 26.1. The zero-order valence-corrected chi connectivity index (χ0v) is 20.2. The molecule has 3 aromatic rings. The Morgan fingerprint density at radius 2 is 1.57 bits per heavy atom. The Kier molecular flexibility index (Phi) is 8.73. The van der Waals surface area contributed by atoms with Gasteiger partial charge < -0.3 is 21.5 Å². The van der Waals surface area contributed by atoms with Crippen LogP contribution in [0.1, 0.15) is 25.0 Å². The molecule has 184 valence electrons. The van der Waals surface area contributed by atoms with Crippen LogP contribution in [0.25, 0.3) is 10.8 Å². The highest BCUT2D eigenvalue weighted by Crippen LogP contribution is 2.22. The molecule has 0 radical (unpaired) electrons. The van der Waals surface area contributed by atoms with Crippen molar-refractivity contribution in [2.24, 2.45) is 11.7 Å². The summed E-state index contributed by atoms with van der Waals surface area (Å²) in [6, 6.07) is 22.9. The summed E-state index contributed by atoms with van der Waals surface area (Å²) in [6.07, 6.45) is -0.623. The van der Waals surface area contributed by atoms with Gasteiger partial charge >= 0.3 is 0 Å². The number of fused-ring (bicyclic) bond motifs is 1. The molecule has 0 aliphatic rings. The number of carbonyl (C=O) groups is 3. The summed E-state index contributed by atoms with van der Waals surface area (Å²) in [6.45, 7) is 3.14. The lowest BCUT2D eigenvalue weighted by Gasteiger charge is -2.29. The van der Waals surface area contributed by atoms with Gasteiger partial charge in [0.2, 0.25) is 11.8 Å². The van der Waals surface area contributed by atoms with E-state index in [0.717, 1.165) is 21.9 Å². The molecule has 0 aliphatic heterocycles. The summed E-state index contributed by atoms with van der Waals surface area (Å²) < 4.78 is 0. The number of aliphatic hydroxyl groups excluding tert-OH is 1. The zero-order valence-electron chi connectivity index (χ0n) is 20.2. The fourth-order valence-electron chi connectivity index (χ4n) is 4.00. The molecule has 0 bridgehead atoms. The van der Waals surface area contributed by atoms with Crippen LogP contribution in [0.5, 0.6) is 0 Å². The fraction of sp³-hybridized carbons (Fsp3) is 0.321. The van der Waals surface area contributed by atoms with Crippen LogP contribution in [0, 0.1) is 5.92 Å². The molecule has 5 N–H and O–H groups in total. The lowest BCUT2D eigenvalue weighted by molar-refractivity contribution is -0.139. The van der Waals surface area contributed by atoms with E-state index in [1.807, 2.05) is 72.8 Å². The van der Waals surface area contributed by atoms with E-state index in [2.05, 4.69) is 10.6 Å². The van der Waals surface area contributed by atoms with Gasteiger partial charge in [0.15, 0.2) is 5.78 Å². The monoisotopic (exact) mass is 475 g/mol. The van der Waals surface area contributed by atoms with Crippen molar-refractivity contribution in [1.29, 1.82) is 0 Å². The highest BCUT2D eigenvalue weighted by Gasteiger charge is 2.38. The van der Waals surface area contributed by atoms with Gasteiger partial charge in [-0.2, -0.15) is 0 Å². The maximum Gasteiger partial charge on any atom is 0.231 e. The first-order valence-corrected chi connectivity index (χ1v) is 11.7. The van der Waals surface area contributed by atoms with Crippen LogP contribution in [0.15, 0.2) is 72.8 Å². The number of rotatable bonds is 11. The number of amides is 2. The summed E-state index contributed by atoms with van der Waals surface area (Å²) in [4.78, 5) is 39.4. The van der Waals surface area contributed by atoms with Gasteiger partial charge in [-0.15, -0.1) is 0 Å². The first-order chi connectivity index (χ1) is 16.7. The number of benzene rings is 3. The Morgan fingerprint density at radius 3 is 2.26 bits per heavy atom. The molecule has 3 rings (SSSR count). The summed E-state index contributed by atoms with van der Waals surface area (Å²) in [5.74, 6) is -2.29. The van der Waals surface area contributed by atoms with Crippen LogP contribution >= 0.6 is 0 Å². The molecule has 2 amide bonds. The third kappa shape index (κ3) is 7.21. The van der Waals surface area contributed by atoms with Crippen molar-refractivity contribution in [2.45, 2.75) is 38.3 Å². The molecule has 0 spiro atoms. The molecule has 7 heteroatoms. The molecule has 35 heavy (non-hydrogen) atoms. The van der Waals surface area contributed by atoms with Crippen molar-refractivity contribution in [2.75, 3.05) is 13.1 Å². The average molecular weight is 476 g/mol. The fourth-order valence-corrected chi connectivity index (χ4v) is 4.00. The molecule has 0 heterocycles. The minimum Gasteiger partial charge on any atom is -0.390 e. The Hall–Kier alpha value is -3.55. The van der Waals surface area contributed by atoms with E-state index in [-0.39, 0.29) is 31.8 Å². The number of carbonyl (C=O) groups excluding carboxylic acids is 3. The van der Waals surface area contributed by atoms with Crippen molar-refractivity contribution < 1.29 is 19.5 Å². The van der Waals surface area contributed by atoms with Gasteiger partial charge in [-0.3, -0.25) is 14.4 Å².